The van der Waals surface area contributed by atoms with Crippen molar-refractivity contribution in [2.45, 2.75) is 38.0 Å². The van der Waals surface area contributed by atoms with Crippen LogP contribution in [0.15, 0.2) is 45.3 Å². The van der Waals surface area contributed by atoms with E-state index < -0.39 is 0 Å². The number of nitrogens with one attached hydrogen (secondary N) is 1. The van der Waals surface area contributed by atoms with E-state index in [1.807, 2.05) is 24.3 Å². The van der Waals surface area contributed by atoms with Crippen LogP contribution in [-0.4, -0.2) is 29.7 Å². The SMILES string of the molecule is COc1ccc(-c2ccc(C(=O)NCCc3noc(C4CCCC4)n3)o2)cc1. The first-order chi connectivity index (χ1) is 13.7. The summed E-state index contributed by atoms with van der Waals surface area (Å²) < 4.78 is 16.2. The smallest absolute Gasteiger partial charge is 0.287 e. The van der Waals surface area contributed by atoms with E-state index in [9.17, 15) is 4.79 Å². The van der Waals surface area contributed by atoms with Gasteiger partial charge in [-0.15, -0.1) is 0 Å². The normalized spacial score (nSPS) is 14.3. The maximum Gasteiger partial charge on any atom is 0.287 e. The van der Waals surface area contributed by atoms with Gasteiger partial charge >= 0.3 is 0 Å². The molecule has 1 aromatic carbocycles. The maximum absolute atomic E-state index is 12.3. The van der Waals surface area contributed by atoms with Crippen molar-refractivity contribution in [3.63, 3.8) is 0 Å². The van der Waals surface area contributed by atoms with Gasteiger partial charge in [-0.25, -0.2) is 0 Å². The minimum atomic E-state index is -0.265. The predicted molar refractivity (Wildman–Crippen MR) is 102 cm³/mol. The number of hydrogen-bond acceptors (Lipinski definition) is 6. The molecule has 1 N–H and O–H groups in total. The van der Waals surface area contributed by atoms with E-state index in [4.69, 9.17) is 13.7 Å². The Labute approximate surface area is 163 Å². The second-order valence-corrected chi connectivity index (χ2v) is 6.93. The number of carbonyl (C=O) groups is 1. The molecule has 146 valence electrons. The zero-order valence-electron chi connectivity index (χ0n) is 15.8. The minimum Gasteiger partial charge on any atom is -0.497 e. The molecule has 0 saturated heterocycles. The summed E-state index contributed by atoms with van der Waals surface area (Å²) in [6, 6.07) is 10.9. The summed E-state index contributed by atoms with van der Waals surface area (Å²) in [7, 11) is 1.62. The number of rotatable bonds is 7. The Kier molecular flexibility index (Phi) is 5.41. The summed E-state index contributed by atoms with van der Waals surface area (Å²) in [5, 5.41) is 6.85. The van der Waals surface area contributed by atoms with Crippen molar-refractivity contribution in [3.8, 4) is 17.1 Å². The van der Waals surface area contributed by atoms with Gasteiger partial charge in [-0.05, 0) is 49.2 Å². The Morgan fingerprint density at radius 3 is 2.71 bits per heavy atom. The molecule has 7 heteroatoms. The second-order valence-electron chi connectivity index (χ2n) is 6.93. The number of aromatic nitrogens is 2. The van der Waals surface area contributed by atoms with Crippen molar-refractivity contribution < 1.29 is 18.5 Å². The Bertz CT molecular complexity index is 923. The summed E-state index contributed by atoms with van der Waals surface area (Å²) in [5.41, 5.74) is 0.881. The molecule has 1 aliphatic carbocycles. The molecule has 1 amide bonds. The van der Waals surface area contributed by atoms with Gasteiger partial charge in [0.15, 0.2) is 11.6 Å². The van der Waals surface area contributed by atoms with Crippen LogP contribution in [-0.2, 0) is 6.42 Å². The number of hydrogen-bond donors (Lipinski definition) is 1. The fourth-order valence-corrected chi connectivity index (χ4v) is 3.45. The topological polar surface area (TPSA) is 90.4 Å². The average Bonchev–Trinajstić information content (AvgIpc) is 3.49. The highest BCUT2D eigenvalue weighted by Crippen LogP contribution is 2.32. The van der Waals surface area contributed by atoms with Crippen molar-refractivity contribution >= 4 is 5.91 Å². The van der Waals surface area contributed by atoms with Gasteiger partial charge in [0.25, 0.3) is 5.91 Å². The Balaban J connectivity index is 1.30. The van der Waals surface area contributed by atoms with Crippen LogP contribution >= 0.6 is 0 Å². The van der Waals surface area contributed by atoms with Gasteiger partial charge in [0.05, 0.1) is 7.11 Å². The molecule has 0 radical (unpaired) electrons. The number of nitrogens with zero attached hydrogens (tertiary/aromatic N) is 2. The lowest BCUT2D eigenvalue weighted by molar-refractivity contribution is 0.0927. The lowest BCUT2D eigenvalue weighted by Gasteiger charge is -2.02. The molecule has 4 rings (SSSR count). The number of furan rings is 1. The zero-order valence-corrected chi connectivity index (χ0v) is 15.8. The highest BCUT2D eigenvalue weighted by atomic mass is 16.5. The first kappa shape index (κ1) is 18.3. The summed E-state index contributed by atoms with van der Waals surface area (Å²) in [6.07, 6.45) is 5.20. The highest BCUT2D eigenvalue weighted by Gasteiger charge is 2.23. The Morgan fingerprint density at radius 1 is 1.18 bits per heavy atom. The molecule has 0 spiro atoms. The van der Waals surface area contributed by atoms with Gasteiger partial charge in [-0.1, -0.05) is 18.0 Å². The third-order valence-electron chi connectivity index (χ3n) is 5.03. The largest absolute Gasteiger partial charge is 0.497 e. The molecule has 0 atom stereocenters. The predicted octanol–water partition coefficient (Wildman–Crippen LogP) is 3.97. The summed E-state index contributed by atoms with van der Waals surface area (Å²) >= 11 is 0. The van der Waals surface area contributed by atoms with Gasteiger partial charge in [0.2, 0.25) is 5.89 Å². The number of carbonyl (C=O) groups excluding carboxylic acids is 1. The van der Waals surface area contributed by atoms with Crippen molar-refractivity contribution in [3.05, 3.63) is 53.9 Å². The molecule has 28 heavy (non-hydrogen) atoms. The lowest BCUT2D eigenvalue weighted by Crippen LogP contribution is -2.25. The van der Waals surface area contributed by atoms with Crippen molar-refractivity contribution in [2.24, 2.45) is 0 Å². The van der Waals surface area contributed by atoms with E-state index in [2.05, 4.69) is 15.5 Å². The quantitative estimate of drug-likeness (QED) is 0.666. The first-order valence-corrected chi connectivity index (χ1v) is 9.58. The van der Waals surface area contributed by atoms with Crippen LogP contribution < -0.4 is 10.1 Å². The van der Waals surface area contributed by atoms with E-state index in [0.29, 0.717) is 30.5 Å². The van der Waals surface area contributed by atoms with Crippen LogP contribution in [0.2, 0.25) is 0 Å². The molecule has 3 aromatic rings. The zero-order chi connectivity index (χ0) is 19.3. The molecule has 0 aliphatic heterocycles. The van der Waals surface area contributed by atoms with E-state index in [-0.39, 0.29) is 11.7 Å². The van der Waals surface area contributed by atoms with Crippen molar-refractivity contribution in [1.82, 2.24) is 15.5 Å². The highest BCUT2D eigenvalue weighted by molar-refractivity contribution is 5.92. The lowest BCUT2D eigenvalue weighted by atomic mass is 10.1. The fourth-order valence-electron chi connectivity index (χ4n) is 3.45. The molecule has 0 unspecified atom stereocenters. The molecular weight excluding hydrogens is 358 g/mol. The molecule has 2 heterocycles. The van der Waals surface area contributed by atoms with Crippen LogP contribution in [0.25, 0.3) is 11.3 Å². The van der Waals surface area contributed by atoms with Gasteiger partial charge in [0, 0.05) is 24.4 Å². The van der Waals surface area contributed by atoms with Crippen LogP contribution in [0.3, 0.4) is 0 Å². The van der Waals surface area contributed by atoms with Crippen LogP contribution in [0, 0.1) is 0 Å². The molecule has 1 saturated carbocycles. The number of amides is 1. The van der Waals surface area contributed by atoms with E-state index in [1.165, 1.54) is 12.8 Å². The van der Waals surface area contributed by atoms with E-state index in [1.54, 1.807) is 19.2 Å². The molecular formula is C21H23N3O4. The molecule has 0 bridgehead atoms. The van der Waals surface area contributed by atoms with Crippen LogP contribution in [0.5, 0.6) is 5.75 Å². The van der Waals surface area contributed by atoms with Crippen molar-refractivity contribution in [2.75, 3.05) is 13.7 Å². The molecule has 2 aromatic heterocycles. The second kappa shape index (κ2) is 8.29. The van der Waals surface area contributed by atoms with Gasteiger partial charge in [0.1, 0.15) is 11.5 Å². The van der Waals surface area contributed by atoms with E-state index >= 15 is 0 Å². The minimum absolute atomic E-state index is 0.265. The van der Waals surface area contributed by atoms with Gasteiger partial charge in [-0.3, -0.25) is 4.79 Å². The summed E-state index contributed by atoms with van der Waals surface area (Å²) in [6.45, 7) is 0.418. The van der Waals surface area contributed by atoms with Crippen LogP contribution in [0.1, 0.15) is 53.9 Å². The molecule has 1 fully saturated rings. The monoisotopic (exact) mass is 381 g/mol. The third-order valence-corrected chi connectivity index (χ3v) is 5.03. The van der Waals surface area contributed by atoms with Crippen molar-refractivity contribution in [1.29, 1.82) is 0 Å². The Morgan fingerprint density at radius 2 is 1.96 bits per heavy atom. The van der Waals surface area contributed by atoms with Gasteiger partial charge < -0.3 is 19.0 Å². The van der Waals surface area contributed by atoms with E-state index in [0.717, 1.165) is 30.0 Å². The number of ether oxygens (including phenoxy) is 1. The number of benzene rings is 1. The summed E-state index contributed by atoms with van der Waals surface area (Å²) in [4.78, 5) is 16.8. The molecule has 1 aliphatic rings. The first-order valence-electron chi connectivity index (χ1n) is 9.58. The van der Waals surface area contributed by atoms with Crippen LogP contribution in [0.4, 0.5) is 0 Å². The maximum atomic E-state index is 12.3. The average molecular weight is 381 g/mol. The number of methoxy groups -OCH3 is 1. The third kappa shape index (κ3) is 4.08. The molecule has 7 nitrogen and oxygen atoms in total. The van der Waals surface area contributed by atoms with Gasteiger partial charge in [-0.2, -0.15) is 4.98 Å². The summed E-state index contributed by atoms with van der Waals surface area (Å²) in [5.74, 6) is 3.16. The standard InChI is InChI=1S/C21H23N3O4/c1-26-16-8-6-14(7-9-16)17-10-11-18(27-17)20(25)22-13-12-19-23-21(28-24-19)15-4-2-3-5-15/h6-11,15H,2-5,12-13H2,1H3,(H,22,25). The Hall–Kier alpha value is -3.09. The fraction of sp³-hybridized carbons (Fsp3) is 0.381.